The third-order valence-electron chi connectivity index (χ3n) is 3.12. The van der Waals surface area contributed by atoms with E-state index in [-0.39, 0.29) is 34.3 Å². The van der Waals surface area contributed by atoms with Crippen LogP contribution in [0.3, 0.4) is 0 Å². The molecule has 0 bridgehead atoms. The number of carbonyl (C=O) groups is 2. The van der Waals surface area contributed by atoms with Crippen LogP contribution in [-0.4, -0.2) is 36.3 Å². The van der Waals surface area contributed by atoms with E-state index in [9.17, 15) is 14.0 Å². The number of aromatic nitrogens is 2. The molecule has 6 nitrogen and oxygen atoms in total. The first-order valence-corrected chi connectivity index (χ1v) is 6.27. The number of carbonyl (C=O) groups excluding carboxylic acids is 2. The van der Waals surface area contributed by atoms with Gasteiger partial charge in [-0.25, -0.2) is 4.39 Å². The molecule has 0 spiro atoms. The molecule has 1 aromatic carbocycles. The van der Waals surface area contributed by atoms with Gasteiger partial charge in [0.1, 0.15) is 5.82 Å². The summed E-state index contributed by atoms with van der Waals surface area (Å²) in [5, 5.41) is 0. The second kappa shape index (κ2) is 6.30. The summed E-state index contributed by atoms with van der Waals surface area (Å²) >= 11 is 0. The van der Waals surface area contributed by atoms with E-state index in [4.69, 9.17) is 9.47 Å². The van der Waals surface area contributed by atoms with E-state index >= 15 is 0 Å². The predicted molar refractivity (Wildman–Crippen MR) is 75.1 cm³/mol. The fourth-order valence-electron chi connectivity index (χ4n) is 1.92. The van der Waals surface area contributed by atoms with E-state index in [1.807, 2.05) is 0 Å². The first kappa shape index (κ1) is 15.6. The molecule has 0 N–H and O–H groups in total. The number of rotatable bonds is 5. The zero-order valence-corrected chi connectivity index (χ0v) is 12.2. The fourth-order valence-corrected chi connectivity index (χ4v) is 1.92. The zero-order valence-electron chi connectivity index (χ0n) is 12.2. The van der Waals surface area contributed by atoms with Gasteiger partial charge < -0.3 is 9.47 Å². The summed E-state index contributed by atoms with van der Waals surface area (Å²) in [6, 6.07) is 3.77. The van der Waals surface area contributed by atoms with Gasteiger partial charge in [-0.2, -0.15) is 9.97 Å². The zero-order chi connectivity index (χ0) is 16.3. The first-order chi connectivity index (χ1) is 10.5. The van der Waals surface area contributed by atoms with E-state index in [1.54, 1.807) is 0 Å². The van der Waals surface area contributed by atoms with Gasteiger partial charge in [0.25, 0.3) is 0 Å². The second-order valence-electron chi connectivity index (χ2n) is 4.36. The maximum Gasteiger partial charge on any atom is 0.230 e. The lowest BCUT2D eigenvalue weighted by molar-refractivity contribution is 0.102. The summed E-state index contributed by atoms with van der Waals surface area (Å²) < 4.78 is 23.5. The molecule has 1 heterocycles. The van der Waals surface area contributed by atoms with Crippen LogP contribution in [0.1, 0.15) is 32.1 Å². The normalized spacial score (nSPS) is 10.2. The fraction of sp³-hybridized carbons (Fsp3) is 0.200. The minimum Gasteiger partial charge on any atom is -0.481 e. The third-order valence-corrected chi connectivity index (χ3v) is 3.12. The number of aldehydes is 1. The van der Waals surface area contributed by atoms with Crippen molar-refractivity contribution in [2.24, 2.45) is 0 Å². The number of ketones is 1. The lowest BCUT2D eigenvalue weighted by Crippen LogP contribution is -2.12. The summed E-state index contributed by atoms with van der Waals surface area (Å²) in [7, 11) is 2.79. The summed E-state index contributed by atoms with van der Waals surface area (Å²) in [6.07, 6.45) is 0.370. The van der Waals surface area contributed by atoms with Crippen LogP contribution >= 0.6 is 0 Å². The standard InChI is InChI=1S/C15H13FN2O4/c1-8-9(4-5-11(16)10(8)7-19)14(20)15-17-12(21-2)6-13(18-15)22-3/h4-7H,1-3H3. The molecule has 0 radical (unpaired) electrons. The average molecular weight is 304 g/mol. The molecule has 114 valence electrons. The number of benzene rings is 1. The highest BCUT2D eigenvalue weighted by atomic mass is 19.1. The van der Waals surface area contributed by atoms with E-state index in [0.29, 0.717) is 6.29 Å². The van der Waals surface area contributed by atoms with Gasteiger partial charge in [0.15, 0.2) is 6.29 Å². The Labute approximate surface area is 125 Å². The topological polar surface area (TPSA) is 78.4 Å². The van der Waals surface area contributed by atoms with Crippen LogP contribution in [0.4, 0.5) is 4.39 Å². The van der Waals surface area contributed by atoms with Gasteiger partial charge in [0.05, 0.1) is 25.8 Å². The van der Waals surface area contributed by atoms with Gasteiger partial charge in [-0.15, -0.1) is 0 Å². The average Bonchev–Trinajstić information content (AvgIpc) is 2.54. The molecule has 0 fully saturated rings. The molecular weight excluding hydrogens is 291 g/mol. The summed E-state index contributed by atoms with van der Waals surface area (Å²) in [4.78, 5) is 31.3. The van der Waals surface area contributed by atoms with Crippen molar-refractivity contribution in [1.29, 1.82) is 0 Å². The van der Waals surface area contributed by atoms with Gasteiger partial charge in [-0.1, -0.05) is 0 Å². The van der Waals surface area contributed by atoms with Crippen LogP contribution in [0.5, 0.6) is 11.8 Å². The van der Waals surface area contributed by atoms with Crippen molar-refractivity contribution in [2.75, 3.05) is 14.2 Å². The Morgan fingerprint density at radius 2 is 1.77 bits per heavy atom. The van der Waals surface area contributed by atoms with Crippen molar-refractivity contribution in [2.45, 2.75) is 6.92 Å². The SMILES string of the molecule is COc1cc(OC)nc(C(=O)c2ccc(F)c(C=O)c2C)n1. The number of methoxy groups -OCH3 is 2. The van der Waals surface area contributed by atoms with Gasteiger partial charge in [-0.3, -0.25) is 9.59 Å². The lowest BCUT2D eigenvalue weighted by Gasteiger charge is -2.09. The smallest absolute Gasteiger partial charge is 0.230 e. The summed E-state index contributed by atoms with van der Waals surface area (Å²) in [6.45, 7) is 1.48. The Morgan fingerprint density at radius 1 is 1.18 bits per heavy atom. The van der Waals surface area contributed by atoms with Gasteiger partial charge in [0.2, 0.25) is 23.4 Å². The third kappa shape index (κ3) is 2.78. The van der Waals surface area contributed by atoms with Crippen molar-refractivity contribution >= 4 is 12.1 Å². The minimum atomic E-state index is -0.687. The maximum absolute atomic E-state index is 13.5. The first-order valence-electron chi connectivity index (χ1n) is 6.27. The molecule has 0 saturated heterocycles. The molecule has 0 amide bonds. The highest BCUT2D eigenvalue weighted by Crippen LogP contribution is 2.21. The van der Waals surface area contributed by atoms with Gasteiger partial charge in [-0.05, 0) is 24.6 Å². The highest BCUT2D eigenvalue weighted by Gasteiger charge is 2.20. The number of hydrogen-bond donors (Lipinski definition) is 0. The maximum atomic E-state index is 13.5. The van der Waals surface area contributed by atoms with Crippen LogP contribution in [0.25, 0.3) is 0 Å². The minimum absolute atomic E-state index is 0.138. The number of ether oxygens (including phenoxy) is 2. The van der Waals surface area contributed by atoms with Crippen LogP contribution in [0, 0.1) is 12.7 Å². The molecule has 0 atom stereocenters. The molecule has 2 aromatic rings. The molecule has 7 heteroatoms. The molecular formula is C15H13FN2O4. The number of halogens is 1. The Morgan fingerprint density at radius 3 is 2.27 bits per heavy atom. The number of nitrogens with zero attached hydrogens (tertiary/aromatic N) is 2. The Bertz CT molecular complexity index is 724. The molecule has 1 aromatic heterocycles. The summed E-state index contributed by atoms with van der Waals surface area (Å²) in [5.41, 5.74) is 0.199. The van der Waals surface area contributed by atoms with Crippen molar-refractivity contribution in [3.05, 3.63) is 46.5 Å². The quantitative estimate of drug-likeness (QED) is 0.621. The van der Waals surface area contributed by atoms with E-state index in [2.05, 4.69) is 9.97 Å². The van der Waals surface area contributed by atoms with E-state index < -0.39 is 11.6 Å². The van der Waals surface area contributed by atoms with E-state index in [0.717, 1.165) is 6.07 Å². The highest BCUT2D eigenvalue weighted by molar-refractivity contribution is 6.08. The van der Waals surface area contributed by atoms with Crippen LogP contribution in [-0.2, 0) is 0 Å². The Hall–Kier alpha value is -2.83. The molecule has 0 unspecified atom stereocenters. The van der Waals surface area contributed by atoms with Gasteiger partial charge in [0, 0.05) is 5.56 Å². The molecule has 2 rings (SSSR count). The Kier molecular flexibility index (Phi) is 4.45. The largest absolute Gasteiger partial charge is 0.481 e. The Balaban J connectivity index is 2.55. The van der Waals surface area contributed by atoms with E-state index in [1.165, 1.54) is 33.3 Å². The van der Waals surface area contributed by atoms with Gasteiger partial charge >= 0.3 is 0 Å². The monoisotopic (exact) mass is 304 g/mol. The predicted octanol–water partition coefficient (Wildman–Crippen LogP) is 1.98. The second-order valence-corrected chi connectivity index (χ2v) is 4.36. The van der Waals surface area contributed by atoms with Crippen molar-refractivity contribution in [3.8, 4) is 11.8 Å². The molecule has 0 aliphatic carbocycles. The molecule has 0 aliphatic heterocycles. The van der Waals surface area contributed by atoms with Crippen LogP contribution in [0.15, 0.2) is 18.2 Å². The van der Waals surface area contributed by atoms with Crippen LogP contribution < -0.4 is 9.47 Å². The number of hydrogen-bond acceptors (Lipinski definition) is 6. The van der Waals surface area contributed by atoms with Crippen molar-refractivity contribution in [3.63, 3.8) is 0 Å². The van der Waals surface area contributed by atoms with Crippen molar-refractivity contribution < 1.29 is 23.5 Å². The summed E-state index contributed by atoms with van der Waals surface area (Å²) in [5.74, 6) is -1.09. The molecule has 22 heavy (non-hydrogen) atoms. The lowest BCUT2D eigenvalue weighted by atomic mass is 9.99. The van der Waals surface area contributed by atoms with Crippen LogP contribution in [0.2, 0.25) is 0 Å². The molecule has 0 saturated carbocycles. The van der Waals surface area contributed by atoms with Crippen molar-refractivity contribution in [1.82, 2.24) is 9.97 Å². The molecule has 0 aliphatic rings.